The second-order valence-corrected chi connectivity index (χ2v) is 6.68. The van der Waals surface area contributed by atoms with Gasteiger partial charge in [-0.1, -0.05) is 48.5 Å². The highest BCUT2D eigenvalue weighted by Gasteiger charge is 2.21. The topological polar surface area (TPSA) is 40.5 Å². The van der Waals surface area contributed by atoms with E-state index < -0.39 is 0 Å². The predicted molar refractivity (Wildman–Crippen MR) is 121 cm³/mol. The summed E-state index contributed by atoms with van der Waals surface area (Å²) in [6.45, 7) is 1.29. The molecule has 28 heavy (non-hydrogen) atoms. The minimum absolute atomic E-state index is 0. The van der Waals surface area contributed by atoms with Crippen LogP contribution in [-0.2, 0) is 6.54 Å². The van der Waals surface area contributed by atoms with Crippen molar-refractivity contribution in [3.05, 3.63) is 90.0 Å². The molecule has 3 aromatic rings. The molecule has 1 atom stereocenters. The summed E-state index contributed by atoms with van der Waals surface area (Å²) in [4.78, 5) is 10.7. The Hall–Kier alpha value is -2.48. The van der Waals surface area contributed by atoms with Crippen LogP contribution in [0.25, 0.3) is 11.1 Å². The number of pyridine rings is 1. The van der Waals surface area contributed by atoms with Gasteiger partial charge in [0.1, 0.15) is 5.82 Å². The van der Waals surface area contributed by atoms with E-state index in [1.807, 2.05) is 54.4 Å². The summed E-state index contributed by atoms with van der Waals surface area (Å²) in [6, 6.07) is 19.5. The molecule has 4 nitrogen and oxygen atoms in total. The SMILES string of the molecule is CN(Cc1ccc(-c2cccnc2)c(F)c1)C1=NCC(c2ccccc2)N1.I. The predicted octanol–water partition coefficient (Wildman–Crippen LogP) is 4.64. The van der Waals surface area contributed by atoms with Crippen LogP contribution in [0.15, 0.2) is 78.0 Å². The second kappa shape index (κ2) is 9.14. The summed E-state index contributed by atoms with van der Waals surface area (Å²) in [5, 5.41) is 3.45. The molecule has 2 aromatic carbocycles. The summed E-state index contributed by atoms with van der Waals surface area (Å²) in [6.07, 6.45) is 3.36. The molecule has 4 rings (SSSR count). The average Bonchev–Trinajstić information content (AvgIpc) is 3.20. The molecule has 1 aliphatic rings. The van der Waals surface area contributed by atoms with Gasteiger partial charge in [-0.2, -0.15) is 0 Å². The van der Waals surface area contributed by atoms with Gasteiger partial charge in [0.05, 0.1) is 12.6 Å². The highest BCUT2D eigenvalue weighted by molar-refractivity contribution is 14.0. The van der Waals surface area contributed by atoms with Gasteiger partial charge in [0.15, 0.2) is 5.96 Å². The van der Waals surface area contributed by atoms with E-state index >= 15 is 0 Å². The Morgan fingerprint density at radius 2 is 1.93 bits per heavy atom. The molecule has 144 valence electrons. The lowest BCUT2D eigenvalue weighted by Crippen LogP contribution is -2.36. The number of hydrogen-bond acceptors (Lipinski definition) is 4. The Bertz CT molecular complexity index is 947. The summed E-state index contributed by atoms with van der Waals surface area (Å²) >= 11 is 0. The summed E-state index contributed by atoms with van der Waals surface area (Å²) in [7, 11) is 1.96. The van der Waals surface area contributed by atoms with E-state index in [2.05, 4.69) is 27.4 Å². The lowest BCUT2D eigenvalue weighted by molar-refractivity contribution is 0.478. The molecular formula is C22H22FIN4. The molecule has 0 aliphatic carbocycles. The van der Waals surface area contributed by atoms with Crippen molar-refractivity contribution in [1.82, 2.24) is 15.2 Å². The normalized spacial score (nSPS) is 15.4. The van der Waals surface area contributed by atoms with Gasteiger partial charge in [0.25, 0.3) is 0 Å². The largest absolute Gasteiger partial charge is 0.348 e. The van der Waals surface area contributed by atoms with Crippen LogP contribution in [0.1, 0.15) is 17.2 Å². The average molecular weight is 488 g/mol. The van der Waals surface area contributed by atoms with Gasteiger partial charge in [-0.15, -0.1) is 24.0 Å². The molecule has 0 saturated heterocycles. The van der Waals surface area contributed by atoms with Crippen LogP contribution in [0, 0.1) is 5.82 Å². The third kappa shape index (κ3) is 4.49. The zero-order valence-electron chi connectivity index (χ0n) is 15.5. The number of rotatable bonds is 4. The number of halogens is 2. The van der Waals surface area contributed by atoms with Crippen molar-refractivity contribution in [3.8, 4) is 11.1 Å². The van der Waals surface area contributed by atoms with E-state index in [0.717, 1.165) is 17.1 Å². The quantitative estimate of drug-likeness (QED) is 0.545. The van der Waals surface area contributed by atoms with E-state index in [-0.39, 0.29) is 35.8 Å². The fourth-order valence-electron chi connectivity index (χ4n) is 3.29. The molecule has 1 aliphatic heterocycles. The molecule has 0 radical (unpaired) electrons. The first-order valence-electron chi connectivity index (χ1n) is 8.96. The van der Waals surface area contributed by atoms with Crippen molar-refractivity contribution in [2.24, 2.45) is 4.99 Å². The minimum Gasteiger partial charge on any atom is -0.348 e. The first kappa shape index (κ1) is 20.3. The van der Waals surface area contributed by atoms with Gasteiger partial charge in [0, 0.05) is 37.1 Å². The molecule has 6 heteroatoms. The number of guanidine groups is 1. The van der Waals surface area contributed by atoms with Crippen molar-refractivity contribution < 1.29 is 4.39 Å². The minimum atomic E-state index is -0.239. The van der Waals surface area contributed by atoms with Gasteiger partial charge in [-0.25, -0.2) is 4.39 Å². The third-order valence-electron chi connectivity index (χ3n) is 4.72. The number of benzene rings is 2. The molecule has 0 spiro atoms. The van der Waals surface area contributed by atoms with Crippen LogP contribution in [0.3, 0.4) is 0 Å². The molecule has 0 amide bonds. The van der Waals surface area contributed by atoms with Gasteiger partial charge < -0.3 is 10.2 Å². The lowest BCUT2D eigenvalue weighted by atomic mass is 10.0. The highest BCUT2D eigenvalue weighted by atomic mass is 127. The third-order valence-corrected chi connectivity index (χ3v) is 4.72. The van der Waals surface area contributed by atoms with Crippen molar-refractivity contribution in [1.29, 1.82) is 0 Å². The molecule has 2 heterocycles. The van der Waals surface area contributed by atoms with Crippen LogP contribution >= 0.6 is 24.0 Å². The molecule has 0 bridgehead atoms. The van der Waals surface area contributed by atoms with E-state index in [1.165, 1.54) is 5.56 Å². The summed E-state index contributed by atoms with van der Waals surface area (Å²) < 4.78 is 14.6. The Labute approximate surface area is 181 Å². The van der Waals surface area contributed by atoms with E-state index in [1.54, 1.807) is 18.5 Å². The number of nitrogens with zero attached hydrogens (tertiary/aromatic N) is 3. The van der Waals surface area contributed by atoms with Crippen molar-refractivity contribution in [3.63, 3.8) is 0 Å². The van der Waals surface area contributed by atoms with Crippen LogP contribution in [0.4, 0.5) is 4.39 Å². The van der Waals surface area contributed by atoms with Gasteiger partial charge in [-0.3, -0.25) is 9.98 Å². The molecule has 1 unspecified atom stereocenters. The first-order valence-corrected chi connectivity index (χ1v) is 8.96. The van der Waals surface area contributed by atoms with Gasteiger partial charge >= 0.3 is 0 Å². The van der Waals surface area contributed by atoms with Crippen LogP contribution in [-0.4, -0.2) is 29.4 Å². The molecular weight excluding hydrogens is 466 g/mol. The molecule has 1 aromatic heterocycles. The zero-order chi connectivity index (χ0) is 18.6. The van der Waals surface area contributed by atoms with Gasteiger partial charge in [0.2, 0.25) is 0 Å². The maximum absolute atomic E-state index is 14.6. The Kier molecular flexibility index (Phi) is 6.61. The van der Waals surface area contributed by atoms with Gasteiger partial charge in [-0.05, 0) is 23.3 Å². The monoisotopic (exact) mass is 488 g/mol. The summed E-state index contributed by atoms with van der Waals surface area (Å²) in [5.41, 5.74) is 3.46. The van der Waals surface area contributed by atoms with E-state index in [4.69, 9.17) is 0 Å². The van der Waals surface area contributed by atoms with Crippen molar-refractivity contribution in [2.45, 2.75) is 12.6 Å². The highest BCUT2D eigenvalue weighted by Crippen LogP contribution is 2.24. The van der Waals surface area contributed by atoms with Crippen molar-refractivity contribution >= 4 is 29.9 Å². The maximum Gasteiger partial charge on any atom is 0.194 e. The second-order valence-electron chi connectivity index (χ2n) is 6.68. The molecule has 1 N–H and O–H groups in total. The van der Waals surface area contributed by atoms with Crippen LogP contribution in [0.5, 0.6) is 0 Å². The van der Waals surface area contributed by atoms with Crippen LogP contribution in [0.2, 0.25) is 0 Å². The van der Waals surface area contributed by atoms with E-state index in [0.29, 0.717) is 18.7 Å². The Morgan fingerprint density at radius 1 is 1.11 bits per heavy atom. The standard InChI is InChI=1S/C22H21FN4.HI/c1-27(22-25-14-21(26-22)17-6-3-2-4-7-17)15-16-9-10-19(20(23)12-16)18-8-5-11-24-13-18;/h2-13,21H,14-15H2,1H3,(H,25,26);1H. The molecule has 0 fully saturated rings. The fourth-order valence-corrected chi connectivity index (χ4v) is 3.29. The van der Waals surface area contributed by atoms with Crippen molar-refractivity contribution in [2.75, 3.05) is 13.6 Å². The summed E-state index contributed by atoms with van der Waals surface area (Å²) in [5.74, 6) is 0.595. The Morgan fingerprint density at radius 3 is 2.64 bits per heavy atom. The zero-order valence-corrected chi connectivity index (χ0v) is 17.9. The first-order chi connectivity index (χ1) is 13.2. The maximum atomic E-state index is 14.6. The fraction of sp³-hybridized carbons (Fsp3) is 0.182. The number of aliphatic imine (C=N–C) groups is 1. The molecule has 0 saturated carbocycles. The number of nitrogens with one attached hydrogen (secondary N) is 1. The Balaban J connectivity index is 0.00000225. The number of aromatic nitrogens is 1. The van der Waals surface area contributed by atoms with E-state index in [9.17, 15) is 4.39 Å². The lowest BCUT2D eigenvalue weighted by Gasteiger charge is -2.21. The smallest absolute Gasteiger partial charge is 0.194 e. The van der Waals surface area contributed by atoms with Crippen LogP contribution < -0.4 is 5.32 Å². The number of hydrogen-bond donors (Lipinski definition) is 1.